The average molecular weight is 184 g/mol. The van der Waals surface area contributed by atoms with Gasteiger partial charge in [-0.25, -0.2) is 0 Å². The summed E-state index contributed by atoms with van der Waals surface area (Å²) in [7, 11) is 0. The van der Waals surface area contributed by atoms with Crippen LogP contribution in [0.25, 0.3) is 0 Å². The van der Waals surface area contributed by atoms with E-state index in [4.69, 9.17) is 0 Å². The van der Waals surface area contributed by atoms with Crippen molar-refractivity contribution in [1.82, 2.24) is 9.78 Å². The van der Waals surface area contributed by atoms with E-state index in [-0.39, 0.29) is 0 Å². The van der Waals surface area contributed by atoms with Gasteiger partial charge in [-0.15, -0.1) is 0 Å². The summed E-state index contributed by atoms with van der Waals surface area (Å²) in [6, 6.07) is 2.04. The number of hydrogen-bond acceptors (Lipinski definition) is 2. The number of aryl methyl sites for hydroxylation is 2. The minimum Gasteiger partial charge on any atom is -0.270 e. The third kappa shape index (κ3) is 2.89. The lowest BCUT2D eigenvalue weighted by atomic mass is 10.2. The summed E-state index contributed by atoms with van der Waals surface area (Å²) in [6.07, 6.45) is 5.53. The van der Waals surface area contributed by atoms with Crippen LogP contribution in [0.4, 0.5) is 0 Å². The molecule has 0 radical (unpaired) electrons. The summed E-state index contributed by atoms with van der Waals surface area (Å²) in [5.41, 5.74) is 1.25. The lowest BCUT2D eigenvalue weighted by molar-refractivity contribution is 0.544. The molecule has 0 spiro atoms. The second kappa shape index (κ2) is 5.25. The largest absolute Gasteiger partial charge is 0.270 e. The molecule has 0 saturated heterocycles. The van der Waals surface area contributed by atoms with Gasteiger partial charge in [0, 0.05) is 18.4 Å². The van der Waals surface area contributed by atoms with Gasteiger partial charge in [-0.3, -0.25) is 4.68 Å². The van der Waals surface area contributed by atoms with Crippen molar-refractivity contribution in [1.29, 1.82) is 0 Å². The molecule has 0 aliphatic carbocycles. The maximum atomic E-state index is 4.21. The Bertz CT molecular complexity index is 220. The maximum absolute atomic E-state index is 4.21. The van der Waals surface area contributed by atoms with Gasteiger partial charge in [0.15, 0.2) is 0 Å². The van der Waals surface area contributed by atoms with E-state index in [2.05, 4.69) is 29.3 Å². The standard InChI is InChI=1S/C9H16N2S/c1-9-5-6-10-11(9)7-3-2-4-8-12/h5-6,12H,2-4,7-8H2,1H3. The van der Waals surface area contributed by atoms with Crippen molar-refractivity contribution in [3.63, 3.8) is 0 Å². The summed E-state index contributed by atoms with van der Waals surface area (Å²) >= 11 is 4.17. The molecule has 0 aliphatic rings. The fourth-order valence-corrected chi connectivity index (χ4v) is 1.41. The van der Waals surface area contributed by atoms with E-state index in [0.717, 1.165) is 12.3 Å². The Morgan fingerprint density at radius 2 is 2.25 bits per heavy atom. The van der Waals surface area contributed by atoms with Crippen LogP contribution in [0.1, 0.15) is 25.0 Å². The van der Waals surface area contributed by atoms with Crippen LogP contribution in [-0.4, -0.2) is 15.5 Å². The van der Waals surface area contributed by atoms with Gasteiger partial charge < -0.3 is 0 Å². The van der Waals surface area contributed by atoms with Gasteiger partial charge in [0.25, 0.3) is 0 Å². The van der Waals surface area contributed by atoms with Crippen molar-refractivity contribution in [2.45, 2.75) is 32.7 Å². The highest BCUT2D eigenvalue weighted by Gasteiger charge is 1.95. The molecule has 1 aromatic heterocycles. The van der Waals surface area contributed by atoms with Crippen LogP contribution in [0.3, 0.4) is 0 Å². The molecule has 0 amide bonds. The monoisotopic (exact) mass is 184 g/mol. The minimum absolute atomic E-state index is 0.998. The fourth-order valence-electron chi connectivity index (χ4n) is 1.18. The van der Waals surface area contributed by atoms with Gasteiger partial charge in [-0.2, -0.15) is 17.7 Å². The Balaban J connectivity index is 2.20. The van der Waals surface area contributed by atoms with Gasteiger partial charge in [-0.05, 0) is 31.6 Å². The summed E-state index contributed by atoms with van der Waals surface area (Å²) < 4.78 is 2.05. The Kier molecular flexibility index (Phi) is 4.22. The zero-order valence-corrected chi connectivity index (χ0v) is 8.43. The smallest absolute Gasteiger partial charge is 0.0492 e. The van der Waals surface area contributed by atoms with Crippen molar-refractivity contribution in [2.75, 3.05) is 5.75 Å². The van der Waals surface area contributed by atoms with E-state index in [1.807, 2.05) is 12.3 Å². The maximum Gasteiger partial charge on any atom is 0.0492 e. The summed E-state index contributed by atoms with van der Waals surface area (Å²) in [4.78, 5) is 0. The molecule has 12 heavy (non-hydrogen) atoms. The first-order valence-corrected chi connectivity index (χ1v) is 5.07. The van der Waals surface area contributed by atoms with E-state index >= 15 is 0 Å². The fraction of sp³-hybridized carbons (Fsp3) is 0.667. The van der Waals surface area contributed by atoms with Gasteiger partial charge in [0.05, 0.1) is 0 Å². The number of rotatable bonds is 5. The van der Waals surface area contributed by atoms with Crippen LogP contribution in [-0.2, 0) is 6.54 Å². The third-order valence-corrected chi connectivity index (χ3v) is 2.27. The lowest BCUT2D eigenvalue weighted by Gasteiger charge is -2.02. The highest BCUT2D eigenvalue weighted by atomic mass is 32.1. The van der Waals surface area contributed by atoms with Gasteiger partial charge in [-0.1, -0.05) is 6.42 Å². The van der Waals surface area contributed by atoms with Crippen molar-refractivity contribution in [2.24, 2.45) is 0 Å². The molecule has 0 saturated carbocycles. The molecular formula is C9H16N2S. The van der Waals surface area contributed by atoms with Crippen molar-refractivity contribution in [3.05, 3.63) is 18.0 Å². The summed E-state index contributed by atoms with van der Waals surface area (Å²) in [5.74, 6) is 0.998. The Labute approximate surface area is 79.4 Å². The molecule has 0 unspecified atom stereocenters. The minimum atomic E-state index is 0.998. The van der Waals surface area contributed by atoms with Crippen LogP contribution < -0.4 is 0 Å². The molecule has 68 valence electrons. The van der Waals surface area contributed by atoms with Crippen LogP contribution in [0.2, 0.25) is 0 Å². The van der Waals surface area contributed by atoms with Crippen LogP contribution in [0.15, 0.2) is 12.3 Å². The molecule has 0 N–H and O–H groups in total. The van der Waals surface area contributed by atoms with Crippen molar-refractivity contribution >= 4 is 12.6 Å². The Morgan fingerprint density at radius 1 is 1.42 bits per heavy atom. The number of unbranched alkanes of at least 4 members (excludes halogenated alkanes) is 2. The highest BCUT2D eigenvalue weighted by molar-refractivity contribution is 7.80. The topological polar surface area (TPSA) is 17.8 Å². The highest BCUT2D eigenvalue weighted by Crippen LogP contribution is 2.02. The number of aromatic nitrogens is 2. The summed E-state index contributed by atoms with van der Waals surface area (Å²) in [5, 5.41) is 4.21. The second-order valence-corrected chi connectivity index (χ2v) is 3.43. The first-order valence-electron chi connectivity index (χ1n) is 4.44. The van der Waals surface area contributed by atoms with Gasteiger partial charge in [0.1, 0.15) is 0 Å². The van der Waals surface area contributed by atoms with Crippen LogP contribution in [0.5, 0.6) is 0 Å². The van der Waals surface area contributed by atoms with Gasteiger partial charge >= 0.3 is 0 Å². The molecule has 1 rings (SSSR count). The quantitative estimate of drug-likeness (QED) is 0.549. The van der Waals surface area contributed by atoms with E-state index < -0.39 is 0 Å². The molecule has 0 aromatic carbocycles. The van der Waals surface area contributed by atoms with Crippen LogP contribution in [0, 0.1) is 6.92 Å². The van der Waals surface area contributed by atoms with Gasteiger partial charge in [0.2, 0.25) is 0 Å². The molecule has 0 bridgehead atoms. The zero-order chi connectivity index (χ0) is 8.81. The predicted molar refractivity (Wildman–Crippen MR) is 54.7 cm³/mol. The van der Waals surface area contributed by atoms with Crippen molar-refractivity contribution in [3.8, 4) is 0 Å². The second-order valence-electron chi connectivity index (χ2n) is 2.98. The lowest BCUT2D eigenvalue weighted by Crippen LogP contribution is -2.01. The van der Waals surface area contributed by atoms with E-state index in [1.165, 1.54) is 25.0 Å². The molecule has 0 aliphatic heterocycles. The number of hydrogen-bond donors (Lipinski definition) is 1. The zero-order valence-electron chi connectivity index (χ0n) is 7.53. The summed E-state index contributed by atoms with van der Waals surface area (Å²) in [6.45, 7) is 3.14. The SMILES string of the molecule is Cc1ccnn1CCCCCS. The third-order valence-electron chi connectivity index (χ3n) is 1.96. The van der Waals surface area contributed by atoms with Crippen LogP contribution >= 0.6 is 12.6 Å². The molecule has 2 nitrogen and oxygen atoms in total. The number of nitrogens with zero attached hydrogens (tertiary/aromatic N) is 2. The predicted octanol–water partition coefficient (Wildman–Crippen LogP) is 2.29. The van der Waals surface area contributed by atoms with Crippen molar-refractivity contribution < 1.29 is 0 Å². The Morgan fingerprint density at radius 3 is 2.83 bits per heavy atom. The van der Waals surface area contributed by atoms with E-state index in [0.29, 0.717) is 0 Å². The Hall–Kier alpha value is -0.440. The molecule has 3 heteroatoms. The molecule has 0 fully saturated rings. The number of thiol groups is 1. The molecular weight excluding hydrogens is 168 g/mol. The molecule has 1 heterocycles. The van der Waals surface area contributed by atoms with E-state index in [9.17, 15) is 0 Å². The average Bonchev–Trinajstić information content (AvgIpc) is 2.46. The molecule has 0 atom stereocenters. The van der Waals surface area contributed by atoms with E-state index in [1.54, 1.807) is 0 Å². The normalized spacial score (nSPS) is 10.5. The first kappa shape index (κ1) is 9.65. The first-order chi connectivity index (χ1) is 5.84. The molecule has 1 aromatic rings.